The fourth-order valence-electron chi connectivity index (χ4n) is 2.67. The van der Waals surface area contributed by atoms with E-state index in [0.29, 0.717) is 18.6 Å². The van der Waals surface area contributed by atoms with Crippen molar-refractivity contribution in [1.82, 2.24) is 0 Å². The predicted octanol–water partition coefficient (Wildman–Crippen LogP) is 3.94. The molecule has 0 bridgehead atoms. The Morgan fingerprint density at radius 2 is 2.17 bits per heavy atom. The van der Waals surface area contributed by atoms with E-state index in [1.165, 1.54) is 19.3 Å². The molecule has 1 aliphatic rings. The first-order valence-corrected chi connectivity index (χ1v) is 7.19. The van der Waals surface area contributed by atoms with Gasteiger partial charge in [0.15, 0.2) is 0 Å². The van der Waals surface area contributed by atoms with Crippen molar-refractivity contribution in [3.05, 3.63) is 34.9 Å². The molecule has 0 aromatic heterocycles. The second kappa shape index (κ2) is 6.55. The quantitative estimate of drug-likeness (QED) is 0.897. The van der Waals surface area contributed by atoms with Gasteiger partial charge in [-0.25, -0.2) is 0 Å². The Hall–Kier alpha value is -0.570. The molecule has 1 aromatic rings. The molecule has 1 aromatic carbocycles. The van der Waals surface area contributed by atoms with Crippen LogP contribution in [-0.2, 0) is 4.74 Å². The molecule has 2 nitrogen and oxygen atoms in total. The third kappa shape index (κ3) is 3.47. The van der Waals surface area contributed by atoms with Crippen molar-refractivity contribution in [2.75, 3.05) is 6.54 Å². The minimum atomic E-state index is -0.0331. The van der Waals surface area contributed by atoms with Crippen LogP contribution in [0.3, 0.4) is 0 Å². The van der Waals surface area contributed by atoms with Crippen LogP contribution >= 0.6 is 11.6 Å². The zero-order chi connectivity index (χ0) is 13.0. The summed E-state index contributed by atoms with van der Waals surface area (Å²) in [4.78, 5) is 0. The Morgan fingerprint density at radius 3 is 2.83 bits per heavy atom. The van der Waals surface area contributed by atoms with Gasteiger partial charge in [0.1, 0.15) is 0 Å². The number of rotatable bonds is 4. The summed E-state index contributed by atoms with van der Waals surface area (Å²) in [7, 11) is 0. The van der Waals surface area contributed by atoms with E-state index < -0.39 is 0 Å². The second-order valence-corrected chi connectivity index (χ2v) is 5.65. The number of ether oxygens (including phenoxy) is 1. The predicted molar refractivity (Wildman–Crippen MR) is 75.8 cm³/mol. The summed E-state index contributed by atoms with van der Waals surface area (Å²) in [6, 6.07) is 7.82. The van der Waals surface area contributed by atoms with Gasteiger partial charge in [0.25, 0.3) is 0 Å². The van der Waals surface area contributed by atoms with Gasteiger partial charge in [-0.3, -0.25) is 0 Å². The Bertz CT molecular complexity index is 383. The maximum absolute atomic E-state index is 6.21. The minimum Gasteiger partial charge on any atom is -0.369 e. The molecule has 0 spiro atoms. The van der Waals surface area contributed by atoms with Crippen LogP contribution in [0.5, 0.6) is 0 Å². The molecule has 0 amide bonds. The molecule has 0 saturated heterocycles. The molecular formula is C15H22ClNO. The lowest BCUT2D eigenvalue weighted by Gasteiger charge is -2.32. The van der Waals surface area contributed by atoms with E-state index in [-0.39, 0.29) is 6.10 Å². The molecule has 100 valence electrons. The lowest BCUT2D eigenvalue weighted by molar-refractivity contribution is -0.0533. The first-order chi connectivity index (χ1) is 8.70. The third-order valence-electron chi connectivity index (χ3n) is 3.81. The van der Waals surface area contributed by atoms with Crippen LogP contribution in [-0.4, -0.2) is 12.6 Å². The highest BCUT2D eigenvalue weighted by Crippen LogP contribution is 2.31. The summed E-state index contributed by atoms with van der Waals surface area (Å²) >= 11 is 6.02. The minimum absolute atomic E-state index is 0.0331. The standard InChI is InChI=1S/C15H22ClNO/c1-11-5-2-3-8-14(11)18-15(10-17)12-6-4-7-13(16)9-12/h4,6-7,9,11,14-15H,2-3,5,8,10,17H2,1H3. The van der Waals surface area contributed by atoms with Crippen molar-refractivity contribution in [2.45, 2.75) is 44.8 Å². The maximum Gasteiger partial charge on any atom is 0.0951 e. The molecule has 1 fully saturated rings. The monoisotopic (exact) mass is 267 g/mol. The Kier molecular flexibility index (Phi) is 5.04. The van der Waals surface area contributed by atoms with Crippen molar-refractivity contribution >= 4 is 11.6 Å². The first-order valence-electron chi connectivity index (χ1n) is 6.81. The van der Waals surface area contributed by atoms with Gasteiger partial charge < -0.3 is 10.5 Å². The Labute approximate surface area is 114 Å². The van der Waals surface area contributed by atoms with Gasteiger partial charge in [0, 0.05) is 11.6 Å². The van der Waals surface area contributed by atoms with E-state index in [1.54, 1.807) is 0 Å². The largest absolute Gasteiger partial charge is 0.369 e. The molecule has 3 atom stereocenters. The summed E-state index contributed by atoms with van der Waals surface area (Å²) in [6.45, 7) is 2.78. The summed E-state index contributed by atoms with van der Waals surface area (Å²) in [6.07, 6.45) is 5.31. The molecule has 3 unspecified atom stereocenters. The third-order valence-corrected chi connectivity index (χ3v) is 4.04. The van der Waals surface area contributed by atoms with Crippen LogP contribution in [0.2, 0.25) is 5.02 Å². The fourth-order valence-corrected chi connectivity index (χ4v) is 2.87. The molecule has 1 aliphatic carbocycles. The van der Waals surface area contributed by atoms with E-state index in [0.717, 1.165) is 17.0 Å². The van der Waals surface area contributed by atoms with Crippen molar-refractivity contribution in [3.8, 4) is 0 Å². The van der Waals surface area contributed by atoms with Gasteiger partial charge in [-0.15, -0.1) is 0 Å². The summed E-state index contributed by atoms with van der Waals surface area (Å²) in [5.74, 6) is 0.631. The number of nitrogens with two attached hydrogens (primary N) is 1. The lowest BCUT2D eigenvalue weighted by atomic mass is 9.87. The Balaban J connectivity index is 2.04. The van der Waals surface area contributed by atoms with Crippen LogP contribution < -0.4 is 5.73 Å². The molecule has 2 N–H and O–H groups in total. The highest BCUT2D eigenvalue weighted by Gasteiger charge is 2.25. The zero-order valence-corrected chi connectivity index (χ0v) is 11.7. The van der Waals surface area contributed by atoms with E-state index in [9.17, 15) is 0 Å². The highest BCUT2D eigenvalue weighted by molar-refractivity contribution is 6.30. The smallest absolute Gasteiger partial charge is 0.0951 e. The molecule has 0 heterocycles. The van der Waals surface area contributed by atoms with Crippen molar-refractivity contribution in [1.29, 1.82) is 0 Å². The van der Waals surface area contributed by atoms with Gasteiger partial charge in [-0.2, -0.15) is 0 Å². The average Bonchev–Trinajstić information content (AvgIpc) is 2.38. The van der Waals surface area contributed by atoms with Gasteiger partial charge in [-0.1, -0.05) is 43.5 Å². The van der Waals surface area contributed by atoms with Crippen LogP contribution in [0.4, 0.5) is 0 Å². The summed E-state index contributed by atoms with van der Waals surface area (Å²) in [5.41, 5.74) is 6.94. The summed E-state index contributed by atoms with van der Waals surface area (Å²) < 4.78 is 6.21. The fraction of sp³-hybridized carbons (Fsp3) is 0.600. The molecule has 0 radical (unpaired) electrons. The highest BCUT2D eigenvalue weighted by atomic mass is 35.5. The average molecular weight is 268 g/mol. The van der Waals surface area contributed by atoms with Crippen LogP contribution in [0, 0.1) is 5.92 Å². The van der Waals surface area contributed by atoms with Crippen LogP contribution in [0.25, 0.3) is 0 Å². The van der Waals surface area contributed by atoms with Crippen LogP contribution in [0.15, 0.2) is 24.3 Å². The van der Waals surface area contributed by atoms with E-state index in [4.69, 9.17) is 22.1 Å². The maximum atomic E-state index is 6.21. The van der Waals surface area contributed by atoms with E-state index in [1.807, 2.05) is 24.3 Å². The normalized spacial score (nSPS) is 25.9. The van der Waals surface area contributed by atoms with Gasteiger partial charge in [0.2, 0.25) is 0 Å². The number of hydrogen-bond donors (Lipinski definition) is 1. The number of benzene rings is 1. The van der Waals surface area contributed by atoms with Gasteiger partial charge in [-0.05, 0) is 36.5 Å². The zero-order valence-electron chi connectivity index (χ0n) is 10.9. The number of halogens is 1. The van der Waals surface area contributed by atoms with Gasteiger partial charge >= 0.3 is 0 Å². The van der Waals surface area contributed by atoms with E-state index >= 15 is 0 Å². The van der Waals surface area contributed by atoms with Crippen molar-refractivity contribution < 1.29 is 4.74 Å². The summed E-state index contributed by atoms with van der Waals surface area (Å²) in [5, 5.41) is 0.742. The molecule has 3 heteroatoms. The molecule has 18 heavy (non-hydrogen) atoms. The lowest BCUT2D eigenvalue weighted by Crippen LogP contribution is -2.30. The number of hydrogen-bond acceptors (Lipinski definition) is 2. The molecule has 0 aliphatic heterocycles. The SMILES string of the molecule is CC1CCCCC1OC(CN)c1cccc(Cl)c1. The van der Waals surface area contributed by atoms with Gasteiger partial charge in [0.05, 0.1) is 12.2 Å². The second-order valence-electron chi connectivity index (χ2n) is 5.22. The van der Waals surface area contributed by atoms with Crippen LogP contribution in [0.1, 0.15) is 44.3 Å². The van der Waals surface area contributed by atoms with E-state index in [2.05, 4.69) is 6.92 Å². The molecule has 1 saturated carbocycles. The van der Waals surface area contributed by atoms with Crippen molar-refractivity contribution in [2.24, 2.45) is 11.7 Å². The first kappa shape index (κ1) is 13.9. The topological polar surface area (TPSA) is 35.2 Å². The molecule has 2 rings (SSSR count). The molecular weight excluding hydrogens is 246 g/mol. The van der Waals surface area contributed by atoms with Crippen molar-refractivity contribution in [3.63, 3.8) is 0 Å². The Morgan fingerprint density at radius 1 is 1.39 bits per heavy atom.